The second-order valence-corrected chi connectivity index (χ2v) is 5.00. The Morgan fingerprint density at radius 3 is 2.63 bits per heavy atom. The lowest BCUT2D eigenvalue weighted by atomic mass is 10.3. The first-order valence-corrected chi connectivity index (χ1v) is 6.46. The molecule has 2 rings (SSSR count). The van der Waals surface area contributed by atoms with Gasteiger partial charge in [-0.15, -0.1) is 0 Å². The number of nitrogens with one attached hydrogen (secondary N) is 1. The zero-order valence-electron chi connectivity index (χ0n) is 9.91. The summed E-state index contributed by atoms with van der Waals surface area (Å²) in [5.74, 6) is 0.564. The topological polar surface area (TPSA) is 53.6 Å². The Balaban J connectivity index is 2.15. The van der Waals surface area contributed by atoms with Gasteiger partial charge >= 0.3 is 0 Å². The minimum absolute atomic E-state index is 0.189. The van der Waals surface area contributed by atoms with E-state index in [2.05, 4.69) is 10.3 Å². The highest BCUT2D eigenvalue weighted by molar-refractivity contribution is 6.41. The molecule has 0 unspecified atom stereocenters. The van der Waals surface area contributed by atoms with Gasteiger partial charge in [-0.3, -0.25) is 0 Å². The summed E-state index contributed by atoms with van der Waals surface area (Å²) >= 11 is 17.7. The first-order valence-electron chi connectivity index (χ1n) is 5.33. The Morgan fingerprint density at radius 2 is 2.05 bits per heavy atom. The van der Waals surface area contributed by atoms with Crippen molar-refractivity contribution in [3.8, 4) is 6.07 Å². The molecule has 2 aromatic rings. The highest BCUT2D eigenvalue weighted by Gasteiger charge is 2.09. The number of hydrogen-bond donors (Lipinski definition) is 1. The number of hydrogen-bond acceptors (Lipinski definition) is 3. The number of nitrogens with zero attached hydrogens (tertiary/aromatic N) is 3. The lowest BCUT2D eigenvalue weighted by Gasteiger charge is -2.07. The predicted octanol–water partition coefficient (Wildman–Crippen LogP) is 3.86. The predicted molar refractivity (Wildman–Crippen MR) is 76.7 cm³/mol. The van der Waals surface area contributed by atoms with Gasteiger partial charge in [0.15, 0.2) is 5.69 Å². The fraction of sp³-hybridized carbons (Fsp3) is 0.167. The summed E-state index contributed by atoms with van der Waals surface area (Å²) in [6, 6.07) is 7.03. The number of aromatic nitrogens is 2. The largest absolute Gasteiger partial charge is 0.364 e. The fourth-order valence-corrected chi connectivity index (χ4v) is 2.12. The van der Waals surface area contributed by atoms with E-state index in [0.717, 1.165) is 5.69 Å². The van der Waals surface area contributed by atoms with E-state index in [4.69, 9.17) is 40.1 Å². The van der Waals surface area contributed by atoms with Gasteiger partial charge in [-0.05, 0) is 18.2 Å². The number of pyridine rings is 1. The molecule has 98 valence electrons. The van der Waals surface area contributed by atoms with Crippen molar-refractivity contribution < 1.29 is 0 Å². The average molecular weight is 316 g/mol. The van der Waals surface area contributed by atoms with Crippen molar-refractivity contribution in [2.24, 2.45) is 7.05 Å². The Hall–Kier alpha value is -1.41. The van der Waals surface area contributed by atoms with E-state index in [9.17, 15) is 0 Å². The van der Waals surface area contributed by atoms with Crippen LogP contribution in [0.2, 0.25) is 15.2 Å². The molecule has 0 radical (unpaired) electrons. The normalized spacial score (nSPS) is 10.3. The second-order valence-electron chi connectivity index (χ2n) is 3.83. The van der Waals surface area contributed by atoms with E-state index in [1.807, 2.05) is 13.1 Å². The molecule has 0 aliphatic rings. The van der Waals surface area contributed by atoms with Crippen molar-refractivity contribution in [2.75, 3.05) is 5.32 Å². The molecule has 4 nitrogen and oxygen atoms in total. The second kappa shape index (κ2) is 5.70. The molecule has 0 saturated carbocycles. The van der Waals surface area contributed by atoms with Crippen LogP contribution in [-0.4, -0.2) is 9.55 Å². The first kappa shape index (κ1) is 14.0. The van der Waals surface area contributed by atoms with E-state index in [1.165, 1.54) is 0 Å². The van der Waals surface area contributed by atoms with Gasteiger partial charge in [0.05, 0.1) is 16.6 Å². The molecule has 7 heteroatoms. The molecular formula is C12H9Cl3N4. The van der Waals surface area contributed by atoms with Gasteiger partial charge < -0.3 is 9.88 Å². The Bertz CT molecular complexity index is 658. The van der Waals surface area contributed by atoms with Crippen LogP contribution < -0.4 is 5.32 Å². The van der Waals surface area contributed by atoms with Crippen LogP contribution in [-0.2, 0) is 13.6 Å². The van der Waals surface area contributed by atoms with E-state index in [1.54, 1.807) is 22.8 Å². The van der Waals surface area contributed by atoms with Crippen LogP contribution in [0.25, 0.3) is 0 Å². The summed E-state index contributed by atoms with van der Waals surface area (Å²) in [4.78, 5) is 4.09. The van der Waals surface area contributed by atoms with Crippen LogP contribution >= 0.6 is 34.8 Å². The SMILES string of the molecule is Cn1c(CNc2ccc(Cl)c(C#N)n2)cc(Cl)c1Cl. The van der Waals surface area contributed by atoms with Crippen molar-refractivity contribution in [3.05, 3.63) is 44.8 Å². The maximum absolute atomic E-state index is 8.85. The lowest BCUT2D eigenvalue weighted by molar-refractivity contribution is 0.841. The van der Waals surface area contributed by atoms with E-state index >= 15 is 0 Å². The molecule has 0 amide bonds. The minimum Gasteiger partial charge on any atom is -0.364 e. The molecule has 0 saturated heterocycles. The fourth-order valence-electron chi connectivity index (χ4n) is 1.56. The molecule has 0 atom stereocenters. The monoisotopic (exact) mass is 314 g/mol. The quantitative estimate of drug-likeness (QED) is 0.935. The molecule has 2 aromatic heterocycles. The third-order valence-electron chi connectivity index (χ3n) is 2.62. The van der Waals surface area contributed by atoms with Crippen molar-refractivity contribution in [2.45, 2.75) is 6.54 Å². The number of anilines is 1. The van der Waals surface area contributed by atoms with Gasteiger partial charge in [0.2, 0.25) is 0 Å². The number of nitriles is 1. The molecular weight excluding hydrogens is 307 g/mol. The first-order chi connectivity index (χ1) is 9.02. The van der Waals surface area contributed by atoms with Gasteiger partial charge in [0.1, 0.15) is 17.0 Å². The van der Waals surface area contributed by atoms with Crippen LogP contribution in [0, 0.1) is 11.3 Å². The van der Waals surface area contributed by atoms with Crippen molar-refractivity contribution in [1.82, 2.24) is 9.55 Å². The summed E-state index contributed by atoms with van der Waals surface area (Å²) in [5.41, 5.74) is 1.10. The number of rotatable bonds is 3. The van der Waals surface area contributed by atoms with Gasteiger partial charge in [-0.2, -0.15) is 5.26 Å². The summed E-state index contributed by atoms with van der Waals surface area (Å²) in [6.45, 7) is 0.489. The summed E-state index contributed by atoms with van der Waals surface area (Å²) < 4.78 is 1.78. The molecule has 1 N–H and O–H groups in total. The summed E-state index contributed by atoms with van der Waals surface area (Å²) in [6.07, 6.45) is 0. The molecule has 19 heavy (non-hydrogen) atoms. The maximum atomic E-state index is 8.85. The van der Waals surface area contributed by atoms with Gasteiger partial charge in [-0.1, -0.05) is 34.8 Å². The third kappa shape index (κ3) is 2.95. The summed E-state index contributed by atoms with van der Waals surface area (Å²) in [5, 5.41) is 13.3. The zero-order valence-corrected chi connectivity index (χ0v) is 12.2. The number of halogens is 3. The molecule has 0 aliphatic heterocycles. The van der Waals surface area contributed by atoms with Crippen molar-refractivity contribution in [1.29, 1.82) is 5.26 Å². The molecule has 2 heterocycles. The zero-order chi connectivity index (χ0) is 14.0. The smallest absolute Gasteiger partial charge is 0.161 e. The average Bonchev–Trinajstić information content (AvgIpc) is 2.65. The van der Waals surface area contributed by atoms with Gasteiger partial charge in [-0.25, -0.2) is 4.98 Å². The molecule has 0 spiro atoms. The Morgan fingerprint density at radius 1 is 1.32 bits per heavy atom. The van der Waals surface area contributed by atoms with Crippen molar-refractivity contribution >= 4 is 40.6 Å². The summed E-state index contributed by atoms with van der Waals surface area (Å²) in [7, 11) is 1.82. The minimum atomic E-state index is 0.189. The molecule has 0 aromatic carbocycles. The van der Waals surface area contributed by atoms with E-state index in [-0.39, 0.29) is 5.69 Å². The van der Waals surface area contributed by atoms with Crippen LogP contribution in [0.15, 0.2) is 18.2 Å². The van der Waals surface area contributed by atoms with Crippen LogP contribution in [0.1, 0.15) is 11.4 Å². The van der Waals surface area contributed by atoms with Crippen molar-refractivity contribution in [3.63, 3.8) is 0 Å². The van der Waals surface area contributed by atoms with Gasteiger partial charge in [0.25, 0.3) is 0 Å². The molecule has 0 fully saturated rings. The van der Waals surface area contributed by atoms with Crippen LogP contribution in [0.4, 0.5) is 5.82 Å². The molecule has 0 aliphatic carbocycles. The van der Waals surface area contributed by atoms with Crippen LogP contribution in [0.5, 0.6) is 0 Å². The Labute approximate surface area is 125 Å². The lowest BCUT2D eigenvalue weighted by Crippen LogP contribution is -2.06. The van der Waals surface area contributed by atoms with E-state index in [0.29, 0.717) is 27.6 Å². The van der Waals surface area contributed by atoms with Crippen LogP contribution in [0.3, 0.4) is 0 Å². The third-order valence-corrected chi connectivity index (χ3v) is 3.77. The highest BCUT2D eigenvalue weighted by Crippen LogP contribution is 2.25. The van der Waals surface area contributed by atoms with E-state index < -0.39 is 0 Å². The standard InChI is InChI=1S/C12H9Cl3N4/c1-19-7(4-9(14)12(19)15)6-17-11-3-2-8(13)10(5-16)18-11/h2-4H,6H2,1H3,(H,17,18). The highest BCUT2D eigenvalue weighted by atomic mass is 35.5. The maximum Gasteiger partial charge on any atom is 0.161 e. The Kier molecular flexibility index (Phi) is 4.20. The molecule has 0 bridgehead atoms. The van der Waals surface area contributed by atoms with Gasteiger partial charge in [0, 0.05) is 12.7 Å².